The fourth-order valence-electron chi connectivity index (χ4n) is 4.14. The molecule has 0 aliphatic carbocycles. The quantitative estimate of drug-likeness (QED) is 0.502. The fraction of sp³-hybridized carbons (Fsp3) is 0.364. The molecule has 30 heavy (non-hydrogen) atoms. The van der Waals surface area contributed by atoms with E-state index in [1.165, 1.54) is 0 Å². The summed E-state index contributed by atoms with van der Waals surface area (Å²) in [5, 5.41) is 12.5. The number of carbonyl (C=O) groups excluding carboxylic acids is 1. The highest BCUT2D eigenvalue weighted by atomic mass is 32.1. The normalized spacial score (nSPS) is 16.9. The van der Waals surface area contributed by atoms with E-state index in [0.29, 0.717) is 31.0 Å². The van der Waals surface area contributed by atoms with Gasteiger partial charge in [-0.25, -0.2) is 4.98 Å². The van der Waals surface area contributed by atoms with Crippen molar-refractivity contribution in [2.45, 2.75) is 44.6 Å². The predicted molar refractivity (Wildman–Crippen MR) is 114 cm³/mol. The van der Waals surface area contributed by atoms with Gasteiger partial charge in [0.25, 0.3) is 0 Å². The number of hydrogen-bond acceptors (Lipinski definition) is 6. The number of aromatic amines is 1. The summed E-state index contributed by atoms with van der Waals surface area (Å²) in [6.07, 6.45) is 8.35. The summed E-state index contributed by atoms with van der Waals surface area (Å²) in [6.45, 7) is 0.790. The van der Waals surface area contributed by atoms with Crippen LogP contribution in [-0.2, 0) is 17.6 Å². The molecule has 0 spiro atoms. The van der Waals surface area contributed by atoms with Gasteiger partial charge < -0.3 is 14.3 Å². The van der Waals surface area contributed by atoms with Crippen molar-refractivity contribution in [3.05, 3.63) is 64.4 Å². The second kappa shape index (κ2) is 8.39. The van der Waals surface area contributed by atoms with E-state index in [1.807, 2.05) is 40.9 Å². The molecule has 1 saturated heterocycles. The van der Waals surface area contributed by atoms with Crippen molar-refractivity contribution in [2.75, 3.05) is 6.54 Å². The molecule has 0 bridgehead atoms. The summed E-state index contributed by atoms with van der Waals surface area (Å²) in [7, 11) is 0. The number of hydrogen-bond donors (Lipinski definition) is 1. The minimum atomic E-state index is 0.103. The maximum Gasteiger partial charge on any atom is 0.223 e. The Hall–Kier alpha value is -3.00. The standard InChI is InChI=1S/C22H23N5O2S/c28-21(27-11-4-3-7-18(27)22-23-10-12-30-22)9-8-19-25-26-20(29-19)13-15-14-24-17-6-2-1-5-16(15)17/h1-2,5-6,10,12,14,18,24H,3-4,7-9,11,13H2/t18-/m0/s1. The summed E-state index contributed by atoms with van der Waals surface area (Å²) in [4.78, 5) is 22.6. The second-order valence-corrected chi connectivity index (χ2v) is 8.52. The monoisotopic (exact) mass is 421 g/mol. The predicted octanol–water partition coefficient (Wildman–Crippen LogP) is 4.28. The van der Waals surface area contributed by atoms with Crippen LogP contribution < -0.4 is 0 Å². The third-order valence-corrected chi connectivity index (χ3v) is 6.51. The minimum absolute atomic E-state index is 0.103. The lowest BCUT2D eigenvalue weighted by molar-refractivity contribution is -0.135. The number of aromatic nitrogens is 4. The molecule has 1 N–H and O–H groups in total. The molecule has 4 aromatic rings. The Labute approximate surface area is 178 Å². The van der Waals surface area contributed by atoms with Crippen molar-refractivity contribution < 1.29 is 9.21 Å². The molecule has 0 radical (unpaired) electrons. The SMILES string of the molecule is O=C(CCc1nnc(Cc2c[nH]c3ccccc23)o1)N1CCCC[C@H]1c1nccs1. The van der Waals surface area contributed by atoms with Crippen molar-refractivity contribution in [1.29, 1.82) is 0 Å². The van der Waals surface area contributed by atoms with Gasteiger partial charge in [0.05, 0.1) is 12.5 Å². The van der Waals surface area contributed by atoms with Crippen LogP contribution in [0, 0.1) is 0 Å². The van der Waals surface area contributed by atoms with Crippen molar-refractivity contribution >= 4 is 28.1 Å². The largest absolute Gasteiger partial charge is 0.425 e. The summed E-state index contributed by atoms with van der Waals surface area (Å²) in [6, 6.07) is 8.25. The first-order valence-electron chi connectivity index (χ1n) is 10.3. The number of amides is 1. The molecule has 8 heteroatoms. The number of piperidine rings is 1. The van der Waals surface area contributed by atoms with E-state index in [2.05, 4.69) is 26.2 Å². The number of carbonyl (C=O) groups is 1. The molecular formula is C22H23N5O2S. The minimum Gasteiger partial charge on any atom is -0.425 e. The zero-order chi connectivity index (χ0) is 20.3. The first-order chi connectivity index (χ1) is 14.8. The average Bonchev–Trinajstić information content (AvgIpc) is 3.54. The summed E-state index contributed by atoms with van der Waals surface area (Å²) in [5.74, 6) is 1.22. The van der Waals surface area contributed by atoms with Gasteiger partial charge in [-0.1, -0.05) is 18.2 Å². The van der Waals surface area contributed by atoms with E-state index in [0.717, 1.165) is 47.3 Å². The number of benzene rings is 1. The van der Waals surface area contributed by atoms with Gasteiger partial charge in [0.2, 0.25) is 17.7 Å². The third-order valence-electron chi connectivity index (χ3n) is 5.64. The molecule has 1 atom stereocenters. The Morgan fingerprint density at radius 3 is 3.03 bits per heavy atom. The molecule has 154 valence electrons. The van der Waals surface area contributed by atoms with Crippen LogP contribution in [0.15, 0.2) is 46.5 Å². The first-order valence-corrected chi connectivity index (χ1v) is 11.2. The maximum atomic E-state index is 12.9. The van der Waals surface area contributed by atoms with Crippen LogP contribution in [0.3, 0.4) is 0 Å². The fourth-order valence-corrected chi connectivity index (χ4v) is 4.93. The van der Waals surface area contributed by atoms with E-state index >= 15 is 0 Å². The van der Waals surface area contributed by atoms with Crippen LogP contribution in [0.2, 0.25) is 0 Å². The first kappa shape index (κ1) is 19.0. The van der Waals surface area contributed by atoms with E-state index in [4.69, 9.17) is 4.42 Å². The second-order valence-electron chi connectivity index (χ2n) is 7.59. The molecule has 7 nitrogen and oxygen atoms in total. The third kappa shape index (κ3) is 3.87. The molecule has 1 aliphatic rings. The maximum absolute atomic E-state index is 12.9. The lowest BCUT2D eigenvalue weighted by atomic mass is 10.0. The number of nitrogens with one attached hydrogen (secondary N) is 1. The van der Waals surface area contributed by atoms with E-state index in [9.17, 15) is 4.79 Å². The highest BCUT2D eigenvalue weighted by Gasteiger charge is 2.29. The van der Waals surface area contributed by atoms with Crippen molar-refractivity contribution in [2.24, 2.45) is 0 Å². The molecule has 0 saturated carbocycles. The number of H-pyrrole nitrogens is 1. The van der Waals surface area contributed by atoms with Gasteiger partial charge in [0, 0.05) is 48.1 Å². The number of thiazole rings is 1. The Kier molecular flexibility index (Phi) is 5.31. The number of fused-ring (bicyclic) bond motifs is 1. The van der Waals surface area contributed by atoms with Gasteiger partial charge in [0.15, 0.2) is 0 Å². The van der Waals surface area contributed by atoms with Crippen LogP contribution in [0.25, 0.3) is 10.9 Å². The zero-order valence-electron chi connectivity index (χ0n) is 16.6. The van der Waals surface area contributed by atoms with Crippen LogP contribution in [0.4, 0.5) is 0 Å². The Bertz CT molecular complexity index is 1130. The van der Waals surface area contributed by atoms with Crippen molar-refractivity contribution in [3.8, 4) is 0 Å². The van der Waals surface area contributed by atoms with Gasteiger partial charge in [0.1, 0.15) is 5.01 Å². The summed E-state index contributed by atoms with van der Waals surface area (Å²) >= 11 is 1.62. The van der Waals surface area contributed by atoms with Crippen LogP contribution in [0.1, 0.15) is 54.1 Å². The van der Waals surface area contributed by atoms with Crippen molar-refractivity contribution in [3.63, 3.8) is 0 Å². The van der Waals surface area contributed by atoms with Crippen LogP contribution in [-0.4, -0.2) is 37.5 Å². The molecule has 1 amide bonds. The Morgan fingerprint density at radius 1 is 1.23 bits per heavy atom. The average molecular weight is 422 g/mol. The van der Waals surface area contributed by atoms with Crippen LogP contribution in [0.5, 0.6) is 0 Å². The number of para-hydroxylation sites is 1. The lowest BCUT2D eigenvalue weighted by Gasteiger charge is -2.34. The summed E-state index contributed by atoms with van der Waals surface area (Å²) < 4.78 is 5.83. The van der Waals surface area contributed by atoms with Gasteiger partial charge in [-0.3, -0.25) is 4.79 Å². The van der Waals surface area contributed by atoms with Gasteiger partial charge in [-0.05, 0) is 30.9 Å². The molecule has 3 aromatic heterocycles. The Morgan fingerprint density at radius 2 is 2.13 bits per heavy atom. The Balaban J connectivity index is 1.22. The number of rotatable bonds is 6. The molecule has 0 unspecified atom stereocenters. The van der Waals surface area contributed by atoms with Gasteiger partial charge in [-0.2, -0.15) is 0 Å². The summed E-state index contributed by atoms with van der Waals surface area (Å²) in [5.41, 5.74) is 2.21. The van der Waals surface area contributed by atoms with E-state index in [1.54, 1.807) is 11.3 Å². The van der Waals surface area contributed by atoms with E-state index < -0.39 is 0 Å². The molecular weight excluding hydrogens is 398 g/mol. The molecule has 1 aromatic carbocycles. The number of aryl methyl sites for hydroxylation is 1. The van der Waals surface area contributed by atoms with E-state index in [-0.39, 0.29) is 11.9 Å². The molecule has 1 fully saturated rings. The zero-order valence-corrected chi connectivity index (χ0v) is 17.4. The van der Waals surface area contributed by atoms with Crippen LogP contribution >= 0.6 is 11.3 Å². The van der Waals surface area contributed by atoms with Gasteiger partial charge in [-0.15, -0.1) is 21.5 Å². The highest BCUT2D eigenvalue weighted by molar-refractivity contribution is 7.09. The number of likely N-dealkylation sites (tertiary alicyclic amines) is 1. The molecule has 4 heterocycles. The topological polar surface area (TPSA) is 87.9 Å². The number of nitrogens with zero attached hydrogens (tertiary/aromatic N) is 4. The molecule has 1 aliphatic heterocycles. The van der Waals surface area contributed by atoms with Crippen molar-refractivity contribution in [1.82, 2.24) is 25.1 Å². The highest BCUT2D eigenvalue weighted by Crippen LogP contribution is 2.32. The van der Waals surface area contributed by atoms with Gasteiger partial charge >= 0.3 is 0 Å². The lowest BCUT2D eigenvalue weighted by Crippen LogP contribution is -2.38. The smallest absolute Gasteiger partial charge is 0.223 e. The molecule has 5 rings (SSSR count).